The molecular weight excluding hydrogens is 356 g/mol. The zero-order valence-electron chi connectivity index (χ0n) is 15.4. The van der Waals surface area contributed by atoms with E-state index < -0.39 is 0 Å². The summed E-state index contributed by atoms with van der Waals surface area (Å²) >= 11 is 1.63. The monoisotopic (exact) mass is 380 g/mol. The van der Waals surface area contributed by atoms with Gasteiger partial charge in [-0.05, 0) is 56.0 Å². The number of thioether (sulfide) groups is 1. The first kappa shape index (κ1) is 18.1. The Bertz CT molecular complexity index is 932. The fraction of sp³-hybridized carbons (Fsp3) is 0.333. The van der Waals surface area contributed by atoms with Crippen LogP contribution in [0.25, 0.3) is 16.6 Å². The quantitative estimate of drug-likeness (QED) is 0.651. The van der Waals surface area contributed by atoms with Gasteiger partial charge in [0.15, 0.2) is 0 Å². The molecule has 1 aliphatic rings. The van der Waals surface area contributed by atoms with Crippen LogP contribution < -0.4 is 10.6 Å². The Morgan fingerprint density at radius 1 is 1.26 bits per heavy atom. The third-order valence-electron chi connectivity index (χ3n) is 4.97. The number of piperidine rings is 1. The Morgan fingerprint density at radius 2 is 2.11 bits per heavy atom. The predicted molar refractivity (Wildman–Crippen MR) is 112 cm³/mol. The molecule has 3 aromatic rings. The van der Waals surface area contributed by atoms with Crippen LogP contribution in [-0.2, 0) is 4.79 Å². The van der Waals surface area contributed by atoms with E-state index in [0.29, 0.717) is 12.5 Å². The molecule has 1 aromatic heterocycles. The van der Waals surface area contributed by atoms with Crippen molar-refractivity contribution < 1.29 is 4.79 Å². The molecule has 1 aliphatic heterocycles. The average Bonchev–Trinajstić information content (AvgIpc) is 3.07. The number of hydrogen-bond donors (Lipinski definition) is 2. The minimum atomic E-state index is 0.0598. The van der Waals surface area contributed by atoms with Crippen LogP contribution in [0.3, 0.4) is 0 Å². The van der Waals surface area contributed by atoms with Crippen molar-refractivity contribution in [1.29, 1.82) is 0 Å². The standard InChI is InChI=1S/C21H24N4OS/c1-27-21-18-11-10-16(23-20(26)14-15-7-5-6-12-22-15)13-19(18)25(24-21)17-8-3-2-4-9-17/h2-4,8-11,13,15,22H,5-7,12,14H2,1H3,(H,23,26). The lowest BCUT2D eigenvalue weighted by molar-refractivity contribution is -0.116. The summed E-state index contributed by atoms with van der Waals surface area (Å²) in [6, 6.07) is 16.4. The van der Waals surface area contributed by atoms with E-state index in [1.165, 1.54) is 12.8 Å². The first-order valence-electron chi connectivity index (χ1n) is 9.40. The molecule has 4 rings (SSSR count). The van der Waals surface area contributed by atoms with Crippen LogP contribution in [-0.4, -0.2) is 34.5 Å². The molecule has 0 aliphatic carbocycles. The van der Waals surface area contributed by atoms with E-state index >= 15 is 0 Å². The second kappa shape index (κ2) is 8.15. The lowest BCUT2D eigenvalue weighted by Gasteiger charge is -2.22. The fourth-order valence-electron chi connectivity index (χ4n) is 3.61. The molecule has 1 amide bonds. The van der Waals surface area contributed by atoms with Gasteiger partial charge in [-0.25, -0.2) is 4.68 Å². The Kier molecular flexibility index (Phi) is 5.45. The second-order valence-corrected chi connectivity index (χ2v) is 7.68. The van der Waals surface area contributed by atoms with Crippen molar-refractivity contribution in [3.63, 3.8) is 0 Å². The van der Waals surface area contributed by atoms with Gasteiger partial charge in [-0.3, -0.25) is 4.79 Å². The highest BCUT2D eigenvalue weighted by molar-refractivity contribution is 7.98. The van der Waals surface area contributed by atoms with Crippen molar-refractivity contribution in [2.24, 2.45) is 0 Å². The predicted octanol–water partition coefficient (Wildman–Crippen LogP) is 4.22. The van der Waals surface area contributed by atoms with Gasteiger partial charge < -0.3 is 10.6 Å². The Labute approximate surface area is 163 Å². The van der Waals surface area contributed by atoms with E-state index in [0.717, 1.165) is 40.3 Å². The van der Waals surface area contributed by atoms with Crippen LogP contribution in [0.2, 0.25) is 0 Å². The van der Waals surface area contributed by atoms with Gasteiger partial charge in [0.05, 0.1) is 11.2 Å². The van der Waals surface area contributed by atoms with Gasteiger partial charge in [-0.1, -0.05) is 24.6 Å². The molecule has 2 heterocycles. The first-order valence-corrected chi connectivity index (χ1v) is 10.6. The molecule has 6 heteroatoms. The number of carbonyl (C=O) groups excluding carboxylic acids is 1. The van der Waals surface area contributed by atoms with Crippen LogP contribution >= 0.6 is 11.8 Å². The van der Waals surface area contributed by atoms with E-state index in [4.69, 9.17) is 5.10 Å². The highest BCUT2D eigenvalue weighted by atomic mass is 32.2. The zero-order valence-corrected chi connectivity index (χ0v) is 16.3. The summed E-state index contributed by atoms with van der Waals surface area (Å²) in [5.41, 5.74) is 2.82. The number of rotatable bonds is 5. The molecule has 0 bridgehead atoms. The van der Waals surface area contributed by atoms with Crippen LogP contribution in [0.5, 0.6) is 0 Å². The first-order chi connectivity index (χ1) is 13.2. The van der Waals surface area contributed by atoms with Gasteiger partial charge in [-0.15, -0.1) is 11.8 Å². The summed E-state index contributed by atoms with van der Waals surface area (Å²) in [6.45, 7) is 1.01. The zero-order chi connectivity index (χ0) is 18.6. The maximum Gasteiger partial charge on any atom is 0.225 e. The lowest BCUT2D eigenvalue weighted by atomic mass is 10.0. The summed E-state index contributed by atoms with van der Waals surface area (Å²) < 4.78 is 1.94. The third-order valence-corrected chi connectivity index (χ3v) is 5.66. The SMILES string of the molecule is CSc1nn(-c2ccccc2)c2cc(NC(=O)CC3CCCCN3)ccc12. The molecule has 1 saturated heterocycles. The van der Waals surface area contributed by atoms with Crippen LogP contribution in [0.1, 0.15) is 25.7 Å². The number of amides is 1. The number of benzene rings is 2. The van der Waals surface area contributed by atoms with Crippen molar-refractivity contribution in [2.45, 2.75) is 36.8 Å². The normalized spacial score (nSPS) is 17.1. The summed E-state index contributed by atoms with van der Waals surface area (Å²) in [6.07, 6.45) is 6.03. The van der Waals surface area contributed by atoms with E-state index in [-0.39, 0.29) is 5.91 Å². The molecule has 0 saturated carbocycles. The van der Waals surface area contributed by atoms with Crippen molar-refractivity contribution in [1.82, 2.24) is 15.1 Å². The van der Waals surface area contributed by atoms with Crippen LogP contribution in [0, 0.1) is 0 Å². The minimum Gasteiger partial charge on any atom is -0.326 e. The fourth-order valence-corrected chi connectivity index (χ4v) is 4.17. The van der Waals surface area contributed by atoms with Crippen molar-refractivity contribution in [3.8, 4) is 5.69 Å². The number of hydrogen-bond acceptors (Lipinski definition) is 4. The molecule has 0 radical (unpaired) electrons. The number of nitrogens with zero attached hydrogens (tertiary/aromatic N) is 2. The highest BCUT2D eigenvalue weighted by Gasteiger charge is 2.17. The summed E-state index contributed by atoms with van der Waals surface area (Å²) in [7, 11) is 0. The Balaban J connectivity index is 1.60. The molecular formula is C21H24N4OS. The molecule has 2 aromatic carbocycles. The molecule has 1 fully saturated rings. The van der Waals surface area contributed by atoms with Gasteiger partial charge in [0, 0.05) is 23.5 Å². The van der Waals surface area contributed by atoms with Gasteiger partial charge in [0.25, 0.3) is 0 Å². The minimum absolute atomic E-state index is 0.0598. The van der Waals surface area contributed by atoms with Crippen molar-refractivity contribution in [3.05, 3.63) is 48.5 Å². The second-order valence-electron chi connectivity index (χ2n) is 6.89. The molecule has 0 spiro atoms. The smallest absolute Gasteiger partial charge is 0.225 e. The summed E-state index contributed by atoms with van der Waals surface area (Å²) in [5, 5.41) is 13.3. The molecule has 140 valence electrons. The average molecular weight is 381 g/mol. The number of fused-ring (bicyclic) bond motifs is 1. The lowest BCUT2D eigenvalue weighted by Crippen LogP contribution is -2.36. The Morgan fingerprint density at radius 3 is 2.85 bits per heavy atom. The number of carbonyl (C=O) groups is 1. The summed E-state index contributed by atoms with van der Waals surface area (Å²) in [5.74, 6) is 0.0598. The number of aromatic nitrogens is 2. The van der Waals surface area contributed by atoms with E-state index in [9.17, 15) is 4.79 Å². The summed E-state index contributed by atoms with van der Waals surface area (Å²) in [4.78, 5) is 12.5. The third kappa shape index (κ3) is 4.01. The van der Waals surface area contributed by atoms with Crippen LogP contribution in [0.4, 0.5) is 5.69 Å². The largest absolute Gasteiger partial charge is 0.326 e. The molecule has 1 unspecified atom stereocenters. The van der Waals surface area contributed by atoms with Crippen molar-refractivity contribution >= 4 is 34.3 Å². The molecule has 5 nitrogen and oxygen atoms in total. The van der Waals surface area contributed by atoms with Gasteiger partial charge in [0.1, 0.15) is 5.03 Å². The van der Waals surface area contributed by atoms with Gasteiger partial charge in [0.2, 0.25) is 5.91 Å². The molecule has 27 heavy (non-hydrogen) atoms. The van der Waals surface area contributed by atoms with E-state index in [1.807, 2.05) is 59.5 Å². The molecule has 1 atom stereocenters. The van der Waals surface area contributed by atoms with Crippen LogP contribution in [0.15, 0.2) is 53.6 Å². The maximum absolute atomic E-state index is 12.5. The Hall–Kier alpha value is -2.31. The maximum atomic E-state index is 12.5. The number of nitrogens with one attached hydrogen (secondary N) is 2. The van der Waals surface area contributed by atoms with Crippen molar-refractivity contribution in [2.75, 3.05) is 18.1 Å². The van der Waals surface area contributed by atoms with E-state index in [1.54, 1.807) is 11.8 Å². The number of anilines is 1. The topological polar surface area (TPSA) is 59.0 Å². The van der Waals surface area contributed by atoms with Gasteiger partial charge >= 0.3 is 0 Å². The number of para-hydroxylation sites is 1. The highest BCUT2D eigenvalue weighted by Crippen LogP contribution is 2.30. The van der Waals surface area contributed by atoms with E-state index in [2.05, 4.69) is 10.6 Å². The molecule has 2 N–H and O–H groups in total. The van der Waals surface area contributed by atoms with Gasteiger partial charge in [-0.2, -0.15) is 5.10 Å².